The fourth-order valence-corrected chi connectivity index (χ4v) is 2.15. The van der Waals surface area contributed by atoms with E-state index in [1.807, 2.05) is 0 Å². The highest BCUT2D eigenvalue weighted by molar-refractivity contribution is 5.99. The molecule has 1 atom stereocenters. The third-order valence-corrected chi connectivity index (χ3v) is 3.32. The van der Waals surface area contributed by atoms with Crippen molar-refractivity contribution in [1.82, 2.24) is 15.8 Å². The first kappa shape index (κ1) is 16.6. The third-order valence-electron chi connectivity index (χ3n) is 3.32. The Kier molecular flexibility index (Phi) is 4.73. The predicted molar refractivity (Wildman–Crippen MR) is 76.6 cm³/mol. The normalized spacial score (nSPS) is 11.9. The van der Waals surface area contributed by atoms with Gasteiger partial charge in [0.2, 0.25) is 5.91 Å². The lowest BCUT2D eigenvalue weighted by Crippen LogP contribution is -2.39. The third kappa shape index (κ3) is 3.36. The molecule has 2 amide bonds. The number of likely N-dealkylation sites (N-methyl/N-ethyl adjacent to an activating group) is 1. The van der Waals surface area contributed by atoms with Crippen LogP contribution in [0.3, 0.4) is 0 Å². The summed E-state index contributed by atoms with van der Waals surface area (Å²) in [7, 11) is 1.37. The van der Waals surface area contributed by atoms with Crippen LogP contribution in [-0.2, 0) is 4.79 Å². The highest BCUT2D eigenvalue weighted by atomic mass is 19.2. The number of aryl methyl sites for hydroxylation is 2. The Bertz CT molecular complexity index is 739. The number of amides is 2. The fraction of sp³-hybridized carbons (Fsp3) is 0.267. The molecule has 1 heterocycles. The molecule has 0 bridgehead atoms. The molecule has 2 rings (SSSR count). The minimum absolute atomic E-state index is 0.114. The van der Waals surface area contributed by atoms with Gasteiger partial charge in [-0.3, -0.25) is 9.59 Å². The van der Waals surface area contributed by atoms with Gasteiger partial charge in [-0.1, -0.05) is 11.2 Å². The molecule has 6 nitrogen and oxygen atoms in total. The SMILES string of the molecule is CNC(=O)[C@@H](NC(=O)c1c(C)noc1C)c1ccc(F)c(F)c1. The molecule has 0 radical (unpaired) electrons. The molecule has 2 N–H and O–H groups in total. The Labute approximate surface area is 130 Å². The van der Waals surface area contributed by atoms with Gasteiger partial charge < -0.3 is 15.2 Å². The van der Waals surface area contributed by atoms with Gasteiger partial charge in [0.25, 0.3) is 5.91 Å². The van der Waals surface area contributed by atoms with Crippen molar-refractivity contribution in [3.63, 3.8) is 0 Å². The zero-order chi connectivity index (χ0) is 17.1. The number of aromatic nitrogens is 1. The molecule has 0 aliphatic carbocycles. The molecule has 2 aromatic rings. The van der Waals surface area contributed by atoms with Gasteiger partial charge in [-0.05, 0) is 31.5 Å². The van der Waals surface area contributed by atoms with Crippen molar-refractivity contribution in [2.75, 3.05) is 7.05 Å². The van der Waals surface area contributed by atoms with Gasteiger partial charge in [0.05, 0.1) is 5.69 Å². The number of carbonyl (C=O) groups excluding carboxylic acids is 2. The first-order valence-electron chi connectivity index (χ1n) is 6.75. The molecule has 0 saturated heterocycles. The second-order valence-corrected chi connectivity index (χ2v) is 4.89. The maximum Gasteiger partial charge on any atom is 0.257 e. The zero-order valence-corrected chi connectivity index (χ0v) is 12.7. The van der Waals surface area contributed by atoms with Crippen molar-refractivity contribution >= 4 is 11.8 Å². The van der Waals surface area contributed by atoms with Crippen molar-refractivity contribution < 1.29 is 22.9 Å². The Morgan fingerprint density at radius 2 is 1.91 bits per heavy atom. The van der Waals surface area contributed by atoms with Crippen LogP contribution in [0.15, 0.2) is 22.7 Å². The lowest BCUT2D eigenvalue weighted by Gasteiger charge is -2.18. The maximum absolute atomic E-state index is 13.4. The summed E-state index contributed by atoms with van der Waals surface area (Å²) in [6.07, 6.45) is 0. The molecule has 1 aromatic carbocycles. The van der Waals surface area contributed by atoms with Crippen LogP contribution in [0.25, 0.3) is 0 Å². The number of nitrogens with one attached hydrogen (secondary N) is 2. The van der Waals surface area contributed by atoms with E-state index in [9.17, 15) is 18.4 Å². The van der Waals surface area contributed by atoms with Gasteiger partial charge in [-0.2, -0.15) is 0 Å². The van der Waals surface area contributed by atoms with Gasteiger partial charge in [0.1, 0.15) is 17.4 Å². The van der Waals surface area contributed by atoms with Crippen LogP contribution < -0.4 is 10.6 Å². The monoisotopic (exact) mass is 323 g/mol. The van der Waals surface area contributed by atoms with E-state index in [0.717, 1.165) is 12.1 Å². The number of hydrogen-bond donors (Lipinski definition) is 2. The van der Waals surface area contributed by atoms with Crippen LogP contribution in [0.2, 0.25) is 0 Å². The van der Waals surface area contributed by atoms with E-state index in [-0.39, 0.29) is 11.1 Å². The fourth-order valence-electron chi connectivity index (χ4n) is 2.15. The molecule has 23 heavy (non-hydrogen) atoms. The topological polar surface area (TPSA) is 84.2 Å². The number of halogens is 2. The smallest absolute Gasteiger partial charge is 0.257 e. The van der Waals surface area contributed by atoms with Crippen molar-refractivity contribution in [3.8, 4) is 0 Å². The van der Waals surface area contributed by atoms with Gasteiger partial charge in [0, 0.05) is 7.05 Å². The van der Waals surface area contributed by atoms with Gasteiger partial charge in [0.15, 0.2) is 11.6 Å². The average molecular weight is 323 g/mol. The number of nitrogens with zero attached hydrogens (tertiary/aromatic N) is 1. The summed E-state index contributed by atoms with van der Waals surface area (Å²) in [6, 6.07) is 1.80. The van der Waals surface area contributed by atoms with Crippen LogP contribution in [0.5, 0.6) is 0 Å². The second kappa shape index (κ2) is 6.55. The highest BCUT2D eigenvalue weighted by Crippen LogP contribution is 2.19. The highest BCUT2D eigenvalue weighted by Gasteiger charge is 2.26. The minimum atomic E-state index is -1.18. The van der Waals surface area contributed by atoms with Gasteiger partial charge in [-0.15, -0.1) is 0 Å². The molecule has 1 aromatic heterocycles. The largest absolute Gasteiger partial charge is 0.361 e. The minimum Gasteiger partial charge on any atom is -0.361 e. The van der Waals surface area contributed by atoms with Gasteiger partial charge in [-0.25, -0.2) is 8.78 Å². The van der Waals surface area contributed by atoms with Gasteiger partial charge >= 0.3 is 0 Å². The molecule has 8 heteroatoms. The lowest BCUT2D eigenvalue weighted by atomic mass is 10.0. The van der Waals surface area contributed by atoms with Crippen molar-refractivity contribution in [1.29, 1.82) is 0 Å². The molecular formula is C15H15F2N3O3. The molecule has 0 aliphatic rings. The van der Waals surface area contributed by atoms with E-state index in [2.05, 4.69) is 15.8 Å². The number of hydrogen-bond acceptors (Lipinski definition) is 4. The lowest BCUT2D eigenvalue weighted by molar-refractivity contribution is -0.122. The number of benzene rings is 1. The van der Waals surface area contributed by atoms with Crippen LogP contribution in [-0.4, -0.2) is 24.0 Å². The van der Waals surface area contributed by atoms with Crippen LogP contribution in [0.4, 0.5) is 8.78 Å². The molecule has 0 fully saturated rings. The average Bonchev–Trinajstić information content (AvgIpc) is 2.86. The number of carbonyl (C=O) groups is 2. The maximum atomic E-state index is 13.4. The molecule has 0 saturated carbocycles. The van der Waals surface area contributed by atoms with E-state index >= 15 is 0 Å². The molecule has 122 valence electrons. The van der Waals surface area contributed by atoms with E-state index in [1.54, 1.807) is 13.8 Å². The van der Waals surface area contributed by atoms with Crippen molar-refractivity contribution in [2.45, 2.75) is 19.9 Å². The summed E-state index contributed by atoms with van der Waals surface area (Å²) in [6.45, 7) is 3.14. The van der Waals surface area contributed by atoms with E-state index < -0.39 is 29.5 Å². The Morgan fingerprint density at radius 1 is 1.22 bits per heavy atom. The molecule has 0 unspecified atom stereocenters. The zero-order valence-electron chi connectivity index (χ0n) is 12.7. The first-order chi connectivity index (χ1) is 10.8. The first-order valence-corrected chi connectivity index (χ1v) is 6.75. The number of rotatable bonds is 4. The van der Waals surface area contributed by atoms with Crippen molar-refractivity contribution in [3.05, 3.63) is 52.4 Å². The van der Waals surface area contributed by atoms with E-state index in [0.29, 0.717) is 11.5 Å². The van der Waals surface area contributed by atoms with Crippen molar-refractivity contribution in [2.24, 2.45) is 0 Å². The van der Waals surface area contributed by atoms with Crippen LogP contribution in [0.1, 0.15) is 33.4 Å². The van der Waals surface area contributed by atoms with E-state index in [4.69, 9.17) is 4.52 Å². The molecular weight excluding hydrogens is 308 g/mol. The predicted octanol–water partition coefficient (Wildman–Crippen LogP) is 1.79. The second-order valence-electron chi connectivity index (χ2n) is 4.89. The van der Waals surface area contributed by atoms with E-state index in [1.165, 1.54) is 13.1 Å². The summed E-state index contributed by atoms with van der Waals surface area (Å²) in [5.41, 5.74) is 0.672. The Hall–Kier alpha value is -2.77. The Morgan fingerprint density at radius 3 is 2.43 bits per heavy atom. The standard InChI is InChI=1S/C15H15F2N3O3/c1-7-12(8(2)23-20-7)14(21)19-13(15(22)18-3)9-4-5-10(16)11(17)6-9/h4-6,13H,1-3H3,(H,18,22)(H,19,21)/t13-/m0/s1. The Balaban J connectivity index is 2.34. The summed E-state index contributed by atoms with van der Waals surface area (Å²) in [5, 5.41) is 8.51. The molecule has 0 spiro atoms. The molecule has 0 aliphatic heterocycles. The quantitative estimate of drug-likeness (QED) is 0.898. The summed E-state index contributed by atoms with van der Waals surface area (Å²) >= 11 is 0. The summed E-state index contributed by atoms with van der Waals surface area (Å²) in [5.74, 6) is -3.03. The van der Waals surface area contributed by atoms with Crippen LogP contribution in [0, 0.1) is 25.5 Å². The van der Waals surface area contributed by atoms with Crippen LogP contribution >= 0.6 is 0 Å². The summed E-state index contributed by atoms with van der Waals surface area (Å²) < 4.78 is 31.4. The summed E-state index contributed by atoms with van der Waals surface area (Å²) in [4.78, 5) is 24.3.